The van der Waals surface area contributed by atoms with Gasteiger partial charge in [0.2, 0.25) is 5.95 Å². The van der Waals surface area contributed by atoms with Gasteiger partial charge in [0.15, 0.2) is 5.82 Å². The molecule has 4 nitrogen and oxygen atoms in total. The van der Waals surface area contributed by atoms with E-state index in [1.807, 2.05) is 18.2 Å². The summed E-state index contributed by atoms with van der Waals surface area (Å²) in [5, 5.41) is 8.85. The lowest BCUT2D eigenvalue weighted by molar-refractivity contribution is 0.439. The number of hydrogen-bond donors (Lipinski definition) is 0. The van der Waals surface area contributed by atoms with Gasteiger partial charge in [-0.15, -0.1) is 10.2 Å². The fourth-order valence-corrected chi connectivity index (χ4v) is 3.10. The first kappa shape index (κ1) is 13.2. The van der Waals surface area contributed by atoms with Crippen molar-refractivity contribution >= 4 is 5.95 Å². The highest BCUT2D eigenvalue weighted by molar-refractivity contribution is 5.57. The number of nitrogens with zero attached hydrogens (tertiary/aromatic N) is 4. The Labute approximate surface area is 120 Å². The average molecular weight is 270 g/mol. The molecular formula is C16H22N4. The van der Waals surface area contributed by atoms with E-state index >= 15 is 0 Å². The van der Waals surface area contributed by atoms with E-state index in [-0.39, 0.29) is 0 Å². The largest absolute Gasteiger partial charge is 0.338 e. The molecule has 0 spiro atoms. The quantitative estimate of drug-likeness (QED) is 0.858. The Bertz CT molecular complexity index is 561. The molecule has 1 aromatic carbocycles. The number of hydrogen-bond acceptors (Lipinski definition) is 3. The third kappa shape index (κ3) is 2.30. The van der Waals surface area contributed by atoms with Crippen LogP contribution in [0.1, 0.15) is 32.6 Å². The molecule has 1 saturated heterocycles. The first-order valence-corrected chi connectivity index (χ1v) is 7.52. The molecule has 0 radical (unpaired) electrons. The molecule has 3 rings (SSSR count). The number of aromatic nitrogens is 3. The van der Waals surface area contributed by atoms with Crippen molar-refractivity contribution < 1.29 is 0 Å². The van der Waals surface area contributed by atoms with Crippen LogP contribution in [0.5, 0.6) is 0 Å². The second-order valence-electron chi connectivity index (χ2n) is 5.50. The Hall–Kier alpha value is -1.84. The lowest BCUT2D eigenvalue weighted by Crippen LogP contribution is -2.40. The van der Waals surface area contributed by atoms with Gasteiger partial charge in [0.05, 0.1) is 0 Å². The standard InChI is InChI=1S/C16H22N4/c1-3-14-11-7-8-12-20(14)16-18-17-15(19(16)2)13-9-5-4-6-10-13/h4-6,9-10,14H,3,7-8,11-12H2,1-2H3. The van der Waals surface area contributed by atoms with E-state index in [0.717, 1.165) is 23.9 Å². The summed E-state index contributed by atoms with van der Waals surface area (Å²) in [4.78, 5) is 2.43. The van der Waals surface area contributed by atoms with Gasteiger partial charge in [0.25, 0.3) is 0 Å². The molecule has 0 amide bonds. The first-order valence-electron chi connectivity index (χ1n) is 7.52. The molecule has 1 fully saturated rings. The minimum Gasteiger partial charge on any atom is -0.338 e. The van der Waals surface area contributed by atoms with Gasteiger partial charge in [-0.3, -0.25) is 4.57 Å². The lowest BCUT2D eigenvalue weighted by atomic mass is 10.0. The van der Waals surface area contributed by atoms with Crippen molar-refractivity contribution in [1.82, 2.24) is 14.8 Å². The van der Waals surface area contributed by atoms with E-state index in [9.17, 15) is 0 Å². The highest BCUT2D eigenvalue weighted by Crippen LogP contribution is 2.27. The van der Waals surface area contributed by atoms with E-state index in [0.29, 0.717) is 6.04 Å². The number of benzene rings is 1. The zero-order valence-corrected chi connectivity index (χ0v) is 12.3. The fourth-order valence-electron chi connectivity index (χ4n) is 3.10. The molecule has 2 aromatic rings. The predicted molar refractivity (Wildman–Crippen MR) is 81.7 cm³/mol. The summed E-state index contributed by atoms with van der Waals surface area (Å²) in [6, 6.07) is 10.9. The number of anilines is 1. The van der Waals surface area contributed by atoms with Gasteiger partial charge in [-0.2, -0.15) is 0 Å². The molecular weight excluding hydrogens is 248 g/mol. The van der Waals surface area contributed by atoms with Gasteiger partial charge in [-0.25, -0.2) is 0 Å². The normalized spacial score (nSPS) is 19.3. The summed E-state index contributed by atoms with van der Waals surface area (Å²) in [7, 11) is 2.07. The van der Waals surface area contributed by atoms with Crippen LogP contribution in [-0.4, -0.2) is 27.4 Å². The summed E-state index contributed by atoms with van der Waals surface area (Å²) in [5.74, 6) is 1.96. The smallest absolute Gasteiger partial charge is 0.227 e. The van der Waals surface area contributed by atoms with Crippen LogP contribution in [0.2, 0.25) is 0 Å². The van der Waals surface area contributed by atoms with Crippen molar-refractivity contribution in [3.63, 3.8) is 0 Å². The molecule has 2 heterocycles. The van der Waals surface area contributed by atoms with Gasteiger partial charge < -0.3 is 4.90 Å². The van der Waals surface area contributed by atoms with Crippen molar-refractivity contribution in [2.75, 3.05) is 11.4 Å². The van der Waals surface area contributed by atoms with Gasteiger partial charge in [-0.1, -0.05) is 37.3 Å². The molecule has 20 heavy (non-hydrogen) atoms. The molecule has 1 aromatic heterocycles. The highest BCUT2D eigenvalue weighted by atomic mass is 15.4. The summed E-state index contributed by atoms with van der Waals surface area (Å²) < 4.78 is 2.13. The monoisotopic (exact) mass is 270 g/mol. The number of piperidine rings is 1. The van der Waals surface area contributed by atoms with Crippen LogP contribution in [0, 0.1) is 0 Å². The predicted octanol–water partition coefficient (Wildman–Crippen LogP) is 3.25. The molecule has 1 aliphatic rings. The van der Waals surface area contributed by atoms with Crippen molar-refractivity contribution in [3.05, 3.63) is 30.3 Å². The Morgan fingerprint density at radius 3 is 2.70 bits per heavy atom. The zero-order chi connectivity index (χ0) is 13.9. The molecule has 1 atom stereocenters. The molecule has 0 aliphatic carbocycles. The molecule has 0 N–H and O–H groups in total. The molecule has 106 valence electrons. The van der Waals surface area contributed by atoms with Crippen molar-refractivity contribution in [1.29, 1.82) is 0 Å². The van der Waals surface area contributed by atoms with Crippen LogP contribution in [0.15, 0.2) is 30.3 Å². The van der Waals surface area contributed by atoms with E-state index in [1.165, 1.54) is 25.7 Å². The second-order valence-corrected chi connectivity index (χ2v) is 5.50. The maximum Gasteiger partial charge on any atom is 0.227 e. The van der Waals surface area contributed by atoms with Gasteiger partial charge in [0.1, 0.15) is 0 Å². The van der Waals surface area contributed by atoms with Crippen LogP contribution < -0.4 is 4.90 Å². The third-order valence-electron chi connectivity index (χ3n) is 4.24. The van der Waals surface area contributed by atoms with Crippen molar-refractivity contribution in [2.24, 2.45) is 7.05 Å². The van der Waals surface area contributed by atoms with Crippen LogP contribution in [-0.2, 0) is 7.05 Å². The molecule has 1 aliphatic heterocycles. The zero-order valence-electron chi connectivity index (χ0n) is 12.3. The molecule has 4 heteroatoms. The van der Waals surface area contributed by atoms with E-state index in [2.05, 4.69) is 45.8 Å². The SMILES string of the molecule is CCC1CCCCN1c1nnc(-c2ccccc2)n1C. The molecule has 1 unspecified atom stereocenters. The molecule has 0 bridgehead atoms. The average Bonchev–Trinajstić information content (AvgIpc) is 2.89. The Morgan fingerprint density at radius 2 is 1.95 bits per heavy atom. The summed E-state index contributed by atoms with van der Waals surface area (Å²) in [6.45, 7) is 3.36. The van der Waals surface area contributed by atoms with Gasteiger partial charge in [-0.05, 0) is 25.7 Å². The third-order valence-corrected chi connectivity index (χ3v) is 4.24. The Balaban J connectivity index is 1.94. The van der Waals surface area contributed by atoms with Crippen LogP contribution in [0.4, 0.5) is 5.95 Å². The van der Waals surface area contributed by atoms with Crippen LogP contribution >= 0.6 is 0 Å². The van der Waals surface area contributed by atoms with E-state index in [1.54, 1.807) is 0 Å². The Morgan fingerprint density at radius 1 is 1.15 bits per heavy atom. The molecule has 0 saturated carbocycles. The fraction of sp³-hybridized carbons (Fsp3) is 0.500. The Kier molecular flexibility index (Phi) is 3.72. The minimum atomic E-state index is 0.607. The summed E-state index contributed by atoms with van der Waals surface area (Å²) in [5.41, 5.74) is 1.12. The van der Waals surface area contributed by atoms with Crippen LogP contribution in [0.3, 0.4) is 0 Å². The highest BCUT2D eigenvalue weighted by Gasteiger charge is 2.25. The van der Waals surface area contributed by atoms with Crippen molar-refractivity contribution in [3.8, 4) is 11.4 Å². The summed E-state index contributed by atoms with van der Waals surface area (Å²) >= 11 is 0. The maximum absolute atomic E-state index is 4.45. The van der Waals surface area contributed by atoms with Crippen LogP contribution in [0.25, 0.3) is 11.4 Å². The maximum atomic E-state index is 4.45. The minimum absolute atomic E-state index is 0.607. The van der Waals surface area contributed by atoms with E-state index in [4.69, 9.17) is 0 Å². The second kappa shape index (κ2) is 5.65. The van der Waals surface area contributed by atoms with E-state index < -0.39 is 0 Å². The number of rotatable bonds is 3. The lowest BCUT2D eigenvalue weighted by Gasteiger charge is -2.35. The summed E-state index contributed by atoms with van der Waals surface area (Å²) in [6.07, 6.45) is 5.03. The first-order chi connectivity index (χ1) is 9.81. The van der Waals surface area contributed by atoms with Gasteiger partial charge >= 0.3 is 0 Å². The topological polar surface area (TPSA) is 34.0 Å². The van der Waals surface area contributed by atoms with Crippen molar-refractivity contribution in [2.45, 2.75) is 38.6 Å². The van der Waals surface area contributed by atoms with Gasteiger partial charge in [0, 0.05) is 25.2 Å².